The van der Waals surface area contributed by atoms with Crippen molar-refractivity contribution in [2.45, 2.75) is 65.0 Å². The molecule has 176 valence electrons. The molecule has 0 radical (unpaired) electrons. The summed E-state index contributed by atoms with van der Waals surface area (Å²) in [5.74, 6) is -0.966. The van der Waals surface area contributed by atoms with E-state index >= 15 is 0 Å². The van der Waals surface area contributed by atoms with Crippen molar-refractivity contribution in [3.8, 4) is 0 Å². The van der Waals surface area contributed by atoms with Gasteiger partial charge in [-0.25, -0.2) is 4.79 Å². The Bertz CT molecular complexity index is 806. The summed E-state index contributed by atoms with van der Waals surface area (Å²) < 4.78 is 4.81. The Morgan fingerprint density at radius 3 is 2.44 bits per heavy atom. The molecule has 0 spiro atoms. The molecule has 2 rings (SSSR count). The number of carbonyl (C=O) groups is 4. The van der Waals surface area contributed by atoms with E-state index in [0.29, 0.717) is 19.4 Å². The Hall–Kier alpha value is -2.90. The zero-order chi connectivity index (χ0) is 23.7. The molecule has 1 aromatic carbocycles. The van der Waals surface area contributed by atoms with Crippen molar-refractivity contribution < 1.29 is 23.9 Å². The van der Waals surface area contributed by atoms with Crippen molar-refractivity contribution >= 4 is 23.7 Å². The first kappa shape index (κ1) is 25.4. The van der Waals surface area contributed by atoms with Crippen LogP contribution in [0, 0.1) is 12.8 Å². The van der Waals surface area contributed by atoms with Crippen LogP contribution < -0.4 is 10.6 Å². The number of methoxy groups -OCH3 is 1. The third-order valence-corrected chi connectivity index (χ3v) is 5.53. The molecule has 1 heterocycles. The van der Waals surface area contributed by atoms with Gasteiger partial charge >= 0.3 is 5.97 Å². The molecule has 3 amide bonds. The highest BCUT2D eigenvalue weighted by molar-refractivity contribution is 5.88. The van der Waals surface area contributed by atoms with Crippen LogP contribution in [0.1, 0.15) is 50.7 Å². The van der Waals surface area contributed by atoms with Crippen LogP contribution in [0.5, 0.6) is 0 Å². The van der Waals surface area contributed by atoms with Crippen LogP contribution in [-0.4, -0.2) is 60.9 Å². The minimum Gasteiger partial charge on any atom is -0.467 e. The molecule has 1 unspecified atom stereocenters. The molecule has 0 aliphatic carbocycles. The first-order chi connectivity index (χ1) is 15.2. The van der Waals surface area contributed by atoms with Crippen LogP contribution in [-0.2, 0) is 30.3 Å². The minimum atomic E-state index is -0.842. The average Bonchev–Trinajstić information content (AvgIpc) is 3.20. The van der Waals surface area contributed by atoms with Crippen LogP contribution in [0.2, 0.25) is 0 Å². The predicted octanol–water partition coefficient (Wildman–Crippen LogP) is 1.74. The first-order valence-electron chi connectivity index (χ1n) is 11.2. The van der Waals surface area contributed by atoms with E-state index in [-0.39, 0.29) is 36.7 Å². The highest BCUT2D eigenvalue weighted by Crippen LogP contribution is 2.22. The van der Waals surface area contributed by atoms with Crippen LogP contribution in [0.3, 0.4) is 0 Å². The maximum atomic E-state index is 12.4. The first-order valence-corrected chi connectivity index (χ1v) is 11.2. The summed E-state index contributed by atoms with van der Waals surface area (Å²) in [6, 6.07) is 6.69. The number of rotatable bonds is 10. The van der Waals surface area contributed by atoms with Crippen molar-refractivity contribution in [3.05, 3.63) is 35.4 Å². The summed E-state index contributed by atoms with van der Waals surface area (Å²) in [5, 5.41) is 5.24. The topological polar surface area (TPSA) is 105 Å². The van der Waals surface area contributed by atoms with Gasteiger partial charge in [0.15, 0.2) is 0 Å². The molecular weight excluding hydrogens is 410 g/mol. The standard InChI is InChI=1S/C24H35N3O5/c1-16(2)12-23(30)27-11-5-6-19(27)14-21(28)25-15-22(29)26-20(24(31)32-4)13-18-9-7-17(3)8-10-18/h7-10,16,19-20H,5-6,11-15H2,1-4H3,(H,25,28)(H,26,29)/t19-,20?/m0/s1. The Morgan fingerprint density at radius 1 is 1.12 bits per heavy atom. The molecule has 32 heavy (non-hydrogen) atoms. The number of hydrogen-bond acceptors (Lipinski definition) is 5. The summed E-state index contributed by atoms with van der Waals surface area (Å²) in [6.45, 7) is 6.39. The van der Waals surface area contributed by atoms with Gasteiger partial charge in [0.25, 0.3) is 0 Å². The Balaban J connectivity index is 1.84. The van der Waals surface area contributed by atoms with E-state index in [9.17, 15) is 19.2 Å². The summed E-state index contributed by atoms with van der Waals surface area (Å²) in [5.41, 5.74) is 1.99. The molecule has 0 aromatic heterocycles. The number of nitrogens with zero attached hydrogens (tertiary/aromatic N) is 1. The number of aryl methyl sites for hydroxylation is 1. The van der Waals surface area contributed by atoms with E-state index in [1.54, 1.807) is 4.90 Å². The molecule has 8 heteroatoms. The van der Waals surface area contributed by atoms with Gasteiger partial charge in [-0.05, 0) is 31.2 Å². The molecule has 1 fully saturated rings. The average molecular weight is 446 g/mol. The molecule has 2 N–H and O–H groups in total. The number of carbonyl (C=O) groups excluding carboxylic acids is 4. The summed E-state index contributed by atoms with van der Waals surface area (Å²) >= 11 is 0. The number of likely N-dealkylation sites (tertiary alicyclic amines) is 1. The lowest BCUT2D eigenvalue weighted by Gasteiger charge is -2.25. The third kappa shape index (κ3) is 7.98. The molecular formula is C24H35N3O5. The second-order valence-corrected chi connectivity index (χ2v) is 8.79. The number of ether oxygens (including phenoxy) is 1. The lowest BCUT2D eigenvalue weighted by molar-refractivity contribution is -0.145. The van der Waals surface area contributed by atoms with Crippen molar-refractivity contribution in [2.75, 3.05) is 20.2 Å². The number of nitrogens with one attached hydrogen (secondary N) is 2. The van der Waals surface area contributed by atoms with E-state index < -0.39 is 17.9 Å². The van der Waals surface area contributed by atoms with Crippen LogP contribution in [0.15, 0.2) is 24.3 Å². The number of amides is 3. The lowest BCUT2D eigenvalue weighted by Crippen LogP contribution is -2.47. The van der Waals surface area contributed by atoms with Gasteiger partial charge in [0.2, 0.25) is 17.7 Å². The molecule has 1 saturated heterocycles. The van der Waals surface area contributed by atoms with Gasteiger partial charge in [-0.15, -0.1) is 0 Å². The molecule has 8 nitrogen and oxygen atoms in total. The van der Waals surface area contributed by atoms with Gasteiger partial charge in [-0.2, -0.15) is 0 Å². The third-order valence-electron chi connectivity index (χ3n) is 5.53. The van der Waals surface area contributed by atoms with Crippen LogP contribution in [0.25, 0.3) is 0 Å². The minimum absolute atomic E-state index is 0.0741. The monoisotopic (exact) mass is 445 g/mol. The van der Waals surface area contributed by atoms with Gasteiger partial charge in [-0.1, -0.05) is 43.7 Å². The maximum absolute atomic E-state index is 12.4. The van der Waals surface area contributed by atoms with E-state index in [4.69, 9.17) is 4.74 Å². The lowest BCUT2D eigenvalue weighted by atomic mass is 10.0. The second kappa shape index (κ2) is 12.2. The SMILES string of the molecule is COC(=O)C(Cc1ccc(C)cc1)NC(=O)CNC(=O)C[C@@H]1CCCN1C(=O)CC(C)C. The maximum Gasteiger partial charge on any atom is 0.328 e. The molecule has 1 aliphatic rings. The smallest absolute Gasteiger partial charge is 0.328 e. The van der Waals surface area contributed by atoms with Gasteiger partial charge in [-0.3, -0.25) is 14.4 Å². The van der Waals surface area contributed by atoms with Gasteiger partial charge in [0.1, 0.15) is 6.04 Å². The summed E-state index contributed by atoms with van der Waals surface area (Å²) in [4.78, 5) is 51.0. The number of esters is 1. The highest BCUT2D eigenvalue weighted by Gasteiger charge is 2.30. The van der Waals surface area contributed by atoms with Crippen LogP contribution >= 0.6 is 0 Å². The molecule has 2 atom stereocenters. The molecule has 0 bridgehead atoms. The van der Waals surface area contributed by atoms with Crippen molar-refractivity contribution in [3.63, 3.8) is 0 Å². The van der Waals surface area contributed by atoms with Gasteiger partial charge in [0, 0.05) is 31.8 Å². The predicted molar refractivity (Wildman–Crippen MR) is 121 cm³/mol. The van der Waals surface area contributed by atoms with Gasteiger partial charge < -0.3 is 20.3 Å². The van der Waals surface area contributed by atoms with E-state index in [1.165, 1.54) is 7.11 Å². The van der Waals surface area contributed by atoms with Crippen LogP contribution in [0.4, 0.5) is 0 Å². The molecule has 1 aromatic rings. The Kier molecular flexibility index (Phi) is 9.68. The Morgan fingerprint density at radius 2 is 1.81 bits per heavy atom. The Labute approximate surface area is 190 Å². The summed E-state index contributed by atoms with van der Waals surface area (Å²) in [6.07, 6.45) is 2.59. The zero-order valence-electron chi connectivity index (χ0n) is 19.5. The zero-order valence-corrected chi connectivity index (χ0v) is 19.5. The number of hydrogen-bond donors (Lipinski definition) is 2. The fourth-order valence-electron chi connectivity index (χ4n) is 3.85. The summed E-state index contributed by atoms with van der Waals surface area (Å²) in [7, 11) is 1.27. The fraction of sp³-hybridized carbons (Fsp3) is 0.583. The normalized spacial score (nSPS) is 16.5. The largest absolute Gasteiger partial charge is 0.467 e. The molecule has 0 saturated carbocycles. The van der Waals surface area contributed by atoms with Crippen molar-refractivity contribution in [1.82, 2.24) is 15.5 Å². The quantitative estimate of drug-likeness (QED) is 0.534. The van der Waals surface area contributed by atoms with E-state index in [2.05, 4.69) is 10.6 Å². The van der Waals surface area contributed by atoms with E-state index in [0.717, 1.165) is 24.0 Å². The highest BCUT2D eigenvalue weighted by atomic mass is 16.5. The molecule has 1 aliphatic heterocycles. The second-order valence-electron chi connectivity index (χ2n) is 8.79. The van der Waals surface area contributed by atoms with Crippen molar-refractivity contribution in [1.29, 1.82) is 0 Å². The number of benzene rings is 1. The van der Waals surface area contributed by atoms with Gasteiger partial charge in [0.05, 0.1) is 13.7 Å². The fourth-order valence-corrected chi connectivity index (χ4v) is 3.85. The van der Waals surface area contributed by atoms with E-state index in [1.807, 2.05) is 45.0 Å². The van der Waals surface area contributed by atoms with Crippen molar-refractivity contribution in [2.24, 2.45) is 5.92 Å².